The fraction of sp³-hybridized carbons (Fsp3) is 0.571. The SMILES string of the molecule is COCC1CCN(CC(O)c2ccccc2N)C1. The second kappa shape index (κ2) is 6.18. The molecule has 18 heavy (non-hydrogen) atoms. The van der Waals surface area contributed by atoms with Gasteiger partial charge in [0.25, 0.3) is 0 Å². The Kier molecular flexibility index (Phi) is 4.58. The molecule has 2 unspecified atom stereocenters. The van der Waals surface area contributed by atoms with Crippen LogP contribution >= 0.6 is 0 Å². The molecule has 0 aliphatic carbocycles. The molecule has 1 aliphatic heterocycles. The highest BCUT2D eigenvalue weighted by Crippen LogP contribution is 2.24. The Morgan fingerprint density at radius 3 is 3.00 bits per heavy atom. The van der Waals surface area contributed by atoms with E-state index in [9.17, 15) is 5.11 Å². The largest absolute Gasteiger partial charge is 0.398 e. The molecular formula is C14H22N2O2. The summed E-state index contributed by atoms with van der Waals surface area (Å²) in [5.74, 6) is 0.593. The van der Waals surface area contributed by atoms with Crippen molar-refractivity contribution in [2.75, 3.05) is 39.1 Å². The second-order valence-electron chi connectivity index (χ2n) is 5.01. The van der Waals surface area contributed by atoms with Gasteiger partial charge in [-0.05, 0) is 24.9 Å². The van der Waals surface area contributed by atoms with Gasteiger partial charge >= 0.3 is 0 Å². The molecule has 2 rings (SSSR count). The molecular weight excluding hydrogens is 228 g/mol. The molecule has 0 amide bonds. The number of rotatable bonds is 5. The first-order valence-corrected chi connectivity index (χ1v) is 6.44. The molecule has 4 nitrogen and oxygen atoms in total. The van der Waals surface area contributed by atoms with Crippen molar-refractivity contribution in [1.82, 2.24) is 4.90 Å². The van der Waals surface area contributed by atoms with Gasteiger partial charge in [-0.25, -0.2) is 0 Å². The van der Waals surface area contributed by atoms with Crippen LogP contribution in [-0.4, -0.2) is 43.4 Å². The van der Waals surface area contributed by atoms with E-state index in [0.717, 1.165) is 31.7 Å². The molecule has 1 aliphatic rings. The van der Waals surface area contributed by atoms with Crippen LogP contribution in [0, 0.1) is 5.92 Å². The van der Waals surface area contributed by atoms with Crippen molar-refractivity contribution in [3.8, 4) is 0 Å². The summed E-state index contributed by atoms with van der Waals surface area (Å²) in [6.07, 6.45) is 0.637. The van der Waals surface area contributed by atoms with Gasteiger partial charge in [-0.2, -0.15) is 0 Å². The summed E-state index contributed by atoms with van der Waals surface area (Å²) in [7, 11) is 1.74. The van der Waals surface area contributed by atoms with E-state index in [1.165, 1.54) is 0 Å². The number of ether oxygens (including phenoxy) is 1. The zero-order valence-corrected chi connectivity index (χ0v) is 10.9. The zero-order valence-electron chi connectivity index (χ0n) is 10.9. The first kappa shape index (κ1) is 13.3. The molecule has 0 bridgehead atoms. The van der Waals surface area contributed by atoms with Gasteiger partial charge in [-0.15, -0.1) is 0 Å². The molecule has 1 fully saturated rings. The third kappa shape index (κ3) is 3.22. The van der Waals surface area contributed by atoms with E-state index in [-0.39, 0.29) is 0 Å². The monoisotopic (exact) mass is 250 g/mol. The normalized spacial score (nSPS) is 22.2. The second-order valence-corrected chi connectivity index (χ2v) is 5.01. The van der Waals surface area contributed by atoms with Crippen molar-refractivity contribution in [2.24, 2.45) is 5.92 Å². The summed E-state index contributed by atoms with van der Waals surface area (Å²) >= 11 is 0. The van der Waals surface area contributed by atoms with Crippen molar-refractivity contribution in [2.45, 2.75) is 12.5 Å². The number of nitrogen functional groups attached to an aromatic ring is 1. The Labute approximate surface area is 108 Å². The third-order valence-corrected chi connectivity index (χ3v) is 3.56. The van der Waals surface area contributed by atoms with Gasteiger partial charge in [-0.3, -0.25) is 0 Å². The lowest BCUT2D eigenvalue weighted by Gasteiger charge is -2.21. The third-order valence-electron chi connectivity index (χ3n) is 3.56. The van der Waals surface area contributed by atoms with Crippen molar-refractivity contribution in [1.29, 1.82) is 0 Å². The summed E-state index contributed by atoms with van der Waals surface area (Å²) in [6.45, 7) is 3.48. The van der Waals surface area contributed by atoms with E-state index >= 15 is 0 Å². The van der Waals surface area contributed by atoms with Crippen LogP contribution in [0.4, 0.5) is 5.69 Å². The van der Waals surface area contributed by atoms with Crippen molar-refractivity contribution in [3.63, 3.8) is 0 Å². The average Bonchev–Trinajstić information content (AvgIpc) is 2.77. The molecule has 4 heteroatoms. The van der Waals surface area contributed by atoms with E-state index in [1.807, 2.05) is 24.3 Å². The molecule has 0 radical (unpaired) electrons. The number of hydrogen-bond donors (Lipinski definition) is 2. The number of aliphatic hydroxyl groups excluding tert-OH is 1. The Bertz CT molecular complexity index is 384. The Morgan fingerprint density at radius 1 is 1.50 bits per heavy atom. The standard InChI is InChI=1S/C14H22N2O2/c1-18-10-11-6-7-16(8-11)9-14(17)12-4-2-3-5-13(12)15/h2-5,11,14,17H,6-10,15H2,1H3. The highest BCUT2D eigenvalue weighted by molar-refractivity contribution is 5.47. The highest BCUT2D eigenvalue weighted by atomic mass is 16.5. The predicted molar refractivity (Wildman–Crippen MR) is 72.2 cm³/mol. The van der Waals surface area contributed by atoms with Gasteiger partial charge in [0.2, 0.25) is 0 Å². The van der Waals surface area contributed by atoms with Gasteiger partial charge in [0.15, 0.2) is 0 Å². The number of benzene rings is 1. The quantitative estimate of drug-likeness (QED) is 0.773. The van der Waals surface area contributed by atoms with Gasteiger partial charge < -0.3 is 20.5 Å². The number of aliphatic hydroxyl groups is 1. The first-order chi connectivity index (χ1) is 8.70. The number of hydrogen-bond acceptors (Lipinski definition) is 4. The van der Waals surface area contributed by atoms with Crippen molar-refractivity contribution < 1.29 is 9.84 Å². The lowest BCUT2D eigenvalue weighted by Crippen LogP contribution is -2.27. The molecule has 3 N–H and O–H groups in total. The van der Waals surface area contributed by atoms with Crippen LogP contribution < -0.4 is 5.73 Å². The minimum Gasteiger partial charge on any atom is -0.398 e. The highest BCUT2D eigenvalue weighted by Gasteiger charge is 2.24. The fourth-order valence-corrected chi connectivity index (χ4v) is 2.61. The molecule has 1 saturated heterocycles. The summed E-state index contributed by atoms with van der Waals surface area (Å²) in [5.41, 5.74) is 7.36. The number of β-amino-alcohol motifs (C(OH)–C–C–N with tert-alkyl or cyclic N) is 1. The number of nitrogens with zero attached hydrogens (tertiary/aromatic N) is 1. The van der Waals surface area contributed by atoms with Crippen LogP contribution in [0.5, 0.6) is 0 Å². The van der Waals surface area contributed by atoms with Gasteiger partial charge in [0, 0.05) is 31.5 Å². The van der Waals surface area contributed by atoms with Crippen LogP contribution in [0.2, 0.25) is 0 Å². The number of anilines is 1. The van der Waals surface area contributed by atoms with Gasteiger partial charge in [0.05, 0.1) is 12.7 Å². The van der Waals surface area contributed by atoms with E-state index in [4.69, 9.17) is 10.5 Å². The number of para-hydroxylation sites is 1. The molecule has 0 aromatic heterocycles. The molecule has 2 atom stereocenters. The van der Waals surface area contributed by atoms with Crippen LogP contribution in [0.15, 0.2) is 24.3 Å². The van der Waals surface area contributed by atoms with Crippen LogP contribution in [0.3, 0.4) is 0 Å². The number of nitrogens with two attached hydrogens (primary N) is 1. The Hall–Kier alpha value is -1.10. The smallest absolute Gasteiger partial charge is 0.0936 e. The minimum atomic E-state index is -0.507. The maximum atomic E-state index is 10.2. The van der Waals surface area contributed by atoms with Crippen LogP contribution in [-0.2, 0) is 4.74 Å². The van der Waals surface area contributed by atoms with E-state index in [2.05, 4.69) is 4.90 Å². The molecule has 100 valence electrons. The average molecular weight is 250 g/mol. The molecule has 0 saturated carbocycles. The maximum absolute atomic E-state index is 10.2. The van der Waals surface area contributed by atoms with Gasteiger partial charge in [-0.1, -0.05) is 18.2 Å². The molecule has 1 aromatic carbocycles. The predicted octanol–water partition coefficient (Wildman–Crippen LogP) is 1.27. The lowest BCUT2D eigenvalue weighted by molar-refractivity contribution is 0.116. The first-order valence-electron chi connectivity index (χ1n) is 6.44. The maximum Gasteiger partial charge on any atom is 0.0936 e. The van der Waals surface area contributed by atoms with Crippen molar-refractivity contribution >= 4 is 5.69 Å². The van der Waals surface area contributed by atoms with Crippen molar-refractivity contribution in [3.05, 3.63) is 29.8 Å². The molecule has 0 spiro atoms. The summed E-state index contributed by atoms with van der Waals surface area (Å²) in [4.78, 5) is 2.28. The fourth-order valence-electron chi connectivity index (χ4n) is 2.61. The molecule has 1 heterocycles. The molecule has 1 aromatic rings. The summed E-state index contributed by atoms with van der Waals surface area (Å²) in [5, 5.41) is 10.2. The number of likely N-dealkylation sites (tertiary alicyclic amines) is 1. The van der Waals surface area contributed by atoms with E-state index < -0.39 is 6.10 Å². The summed E-state index contributed by atoms with van der Waals surface area (Å²) < 4.78 is 5.17. The zero-order chi connectivity index (χ0) is 13.0. The number of methoxy groups -OCH3 is 1. The lowest BCUT2D eigenvalue weighted by atomic mass is 10.1. The van der Waals surface area contributed by atoms with Crippen LogP contribution in [0.1, 0.15) is 18.1 Å². The Morgan fingerprint density at radius 2 is 2.28 bits per heavy atom. The van der Waals surface area contributed by atoms with E-state index in [1.54, 1.807) is 7.11 Å². The van der Waals surface area contributed by atoms with Crippen LogP contribution in [0.25, 0.3) is 0 Å². The van der Waals surface area contributed by atoms with E-state index in [0.29, 0.717) is 18.2 Å². The topological polar surface area (TPSA) is 58.7 Å². The van der Waals surface area contributed by atoms with Gasteiger partial charge in [0.1, 0.15) is 0 Å². The Balaban J connectivity index is 1.89. The summed E-state index contributed by atoms with van der Waals surface area (Å²) in [6, 6.07) is 7.52. The minimum absolute atomic E-state index is 0.507.